The second kappa shape index (κ2) is 5.88. The Kier molecular flexibility index (Phi) is 4.48. The van der Waals surface area contributed by atoms with Gasteiger partial charge >= 0.3 is 5.97 Å². The second-order valence-electron chi connectivity index (χ2n) is 2.65. The van der Waals surface area contributed by atoms with E-state index in [-0.39, 0.29) is 23.9 Å². The van der Waals surface area contributed by atoms with Gasteiger partial charge in [-0.3, -0.25) is 4.79 Å². The van der Waals surface area contributed by atoms with Crippen molar-refractivity contribution >= 4 is 23.2 Å². The van der Waals surface area contributed by atoms with Gasteiger partial charge in [-0.2, -0.15) is 0 Å². The van der Waals surface area contributed by atoms with Gasteiger partial charge in [-0.25, -0.2) is 9.78 Å². The van der Waals surface area contributed by atoms with Crippen molar-refractivity contribution in [2.45, 2.75) is 6.92 Å². The number of carbonyl (C=O) groups excluding carboxylic acids is 2. The zero-order valence-electron chi connectivity index (χ0n) is 8.65. The van der Waals surface area contributed by atoms with E-state index in [1.807, 2.05) is 0 Å². The molecule has 0 radical (unpaired) electrons. The third kappa shape index (κ3) is 3.07. The molecule has 1 aromatic heterocycles. The largest absolute Gasteiger partial charge is 0.461 e. The van der Waals surface area contributed by atoms with Crippen LogP contribution in [0.5, 0.6) is 0 Å². The van der Waals surface area contributed by atoms with Crippen molar-refractivity contribution in [3.8, 4) is 12.3 Å². The Bertz CT molecular complexity index is 434. The third-order valence-corrected chi connectivity index (χ3v) is 2.36. The highest BCUT2D eigenvalue weighted by Gasteiger charge is 2.15. The number of hydrogen-bond donors (Lipinski definition) is 1. The lowest BCUT2D eigenvalue weighted by molar-refractivity contribution is 0.0526. The molecule has 0 spiro atoms. The predicted octanol–water partition coefficient (Wildman–Crippen LogP) is 0.683. The van der Waals surface area contributed by atoms with E-state index < -0.39 is 11.9 Å². The van der Waals surface area contributed by atoms with Gasteiger partial charge < -0.3 is 10.1 Å². The van der Waals surface area contributed by atoms with Crippen LogP contribution in [0, 0.1) is 12.3 Å². The molecule has 16 heavy (non-hydrogen) atoms. The van der Waals surface area contributed by atoms with Crippen molar-refractivity contribution in [3.05, 3.63) is 16.1 Å². The molecule has 0 aliphatic carbocycles. The molecule has 0 bridgehead atoms. The number of rotatable bonds is 4. The number of aromatic nitrogens is 1. The van der Waals surface area contributed by atoms with Gasteiger partial charge in [0.25, 0.3) is 5.91 Å². The molecule has 0 saturated heterocycles. The average Bonchev–Trinajstić information content (AvgIpc) is 2.75. The molecule has 0 aliphatic rings. The number of hydrogen-bond acceptors (Lipinski definition) is 5. The summed E-state index contributed by atoms with van der Waals surface area (Å²) in [6.07, 6.45) is 4.99. The first-order chi connectivity index (χ1) is 7.69. The first-order valence-corrected chi connectivity index (χ1v) is 5.41. The highest BCUT2D eigenvalue weighted by molar-refractivity contribution is 7.11. The van der Waals surface area contributed by atoms with E-state index in [9.17, 15) is 9.59 Å². The van der Waals surface area contributed by atoms with Crippen molar-refractivity contribution in [3.63, 3.8) is 0 Å². The Morgan fingerprint density at radius 3 is 3.06 bits per heavy atom. The molecule has 0 aliphatic heterocycles. The van der Waals surface area contributed by atoms with Gasteiger partial charge in [-0.15, -0.1) is 17.8 Å². The van der Waals surface area contributed by atoms with Crippen LogP contribution in [-0.4, -0.2) is 30.0 Å². The standard InChI is InChI=1S/C10H10N2O3S/c1-3-5-11-8(13)7-6-16-9(12-7)10(14)15-4-2/h1,6H,4-5H2,2H3,(H,11,13). The molecule has 1 N–H and O–H groups in total. The van der Waals surface area contributed by atoms with Crippen LogP contribution in [0.15, 0.2) is 5.38 Å². The number of carbonyl (C=O) groups is 2. The number of terminal acetylenes is 1. The minimum absolute atomic E-state index is 0.130. The van der Waals surface area contributed by atoms with Crippen molar-refractivity contribution < 1.29 is 14.3 Å². The first-order valence-electron chi connectivity index (χ1n) is 4.53. The van der Waals surface area contributed by atoms with Gasteiger partial charge in [0.2, 0.25) is 5.01 Å². The number of ether oxygens (including phenoxy) is 1. The smallest absolute Gasteiger partial charge is 0.367 e. The van der Waals surface area contributed by atoms with Crippen LogP contribution in [0.2, 0.25) is 0 Å². The summed E-state index contributed by atoms with van der Waals surface area (Å²) in [5.74, 6) is 1.35. The van der Waals surface area contributed by atoms with Crippen LogP contribution < -0.4 is 5.32 Å². The molecule has 0 fully saturated rings. The maximum Gasteiger partial charge on any atom is 0.367 e. The topological polar surface area (TPSA) is 68.3 Å². The summed E-state index contributed by atoms with van der Waals surface area (Å²) < 4.78 is 4.75. The summed E-state index contributed by atoms with van der Waals surface area (Å²) in [6, 6.07) is 0. The second-order valence-corrected chi connectivity index (χ2v) is 3.50. The van der Waals surface area contributed by atoms with Crippen molar-refractivity contribution in [1.82, 2.24) is 10.3 Å². The summed E-state index contributed by atoms with van der Waals surface area (Å²) in [5.41, 5.74) is 0.170. The molecule has 1 heterocycles. The van der Waals surface area contributed by atoms with Crippen LogP contribution in [0.1, 0.15) is 27.2 Å². The summed E-state index contributed by atoms with van der Waals surface area (Å²) >= 11 is 1.06. The molecular formula is C10H10N2O3S. The van der Waals surface area contributed by atoms with E-state index in [2.05, 4.69) is 16.2 Å². The number of amides is 1. The first kappa shape index (κ1) is 12.2. The van der Waals surface area contributed by atoms with Gasteiger partial charge in [0.1, 0.15) is 5.69 Å². The minimum atomic E-state index is -0.525. The molecule has 0 saturated carbocycles. The van der Waals surface area contributed by atoms with Crippen LogP contribution in [-0.2, 0) is 4.74 Å². The third-order valence-electron chi connectivity index (χ3n) is 1.54. The van der Waals surface area contributed by atoms with Gasteiger partial charge in [-0.05, 0) is 6.92 Å². The lowest BCUT2D eigenvalue weighted by atomic mass is 10.4. The Morgan fingerprint density at radius 1 is 1.69 bits per heavy atom. The fraction of sp³-hybridized carbons (Fsp3) is 0.300. The van der Waals surface area contributed by atoms with E-state index in [0.29, 0.717) is 0 Å². The molecule has 1 rings (SSSR count). The lowest BCUT2D eigenvalue weighted by Crippen LogP contribution is -2.23. The molecule has 1 amide bonds. The number of nitrogens with one attached hydrogen (secondary N) is 1. The number of thiazole rings is 1. The molecule has 0 unspecified atom stereocenters. The maximum atomic E-state index is 11.4. The SMILES string of the molecule is C#CCNC(=O)c1csc(C(=O)OCC)n1. The van der Waals surface area contributed by atoms with Crippen molar-refractivity contribution in [2.24, 2.45) is 0 Å². The minimum Gasteiger partial charge on any atom is -0.461 e. The molecular weight excluding hydrogens is 228 g/mol. The van der Waals surface area contributed by atoms with E-state index in [1.54, 1.807) is 6.92 Å². The molecule has 5 nitrogen and oxygen atoms in total. The lowest BCUT2D eigenvalue weighted by Gasteiger charge is -1.97. The molecule has 84 valence electrons. The summed E-state index contributed by atoms with van der Waals surface area (Å²) in [4.78, 5) is 26.5. The van der Waals surface area contributed by atoms with E-state index in [1.165, 1.54) is 5.38 Å². The van der Waals surface area contributed by atoms with Crippen molar-refractivity contribution in [1.29, 1.82) is 0 Å². The Morgan fingerprint density at radius 2 is 2.44 bits per heavy atom. The highest BCUT2D eigenvalue weighted by Crippen LogP contribution is 2.10. The van der Waals surface area contributed by atoms with E-state index in [0.717, 1.165) is 11.3 Å². The zero-order valence-corrected chi connectivity index (χ0v) is 9.47. The molecule has 1 aromatic rings. The Labute approximate surface area is 96.8 Å². The monoisotopic (exact) mass is 238 g/mol. The predicted molar refractivity (Wildman–Crippen MR) is 59.2 cm³/mol. The van der Waals surface area contributed by atoms with Gasteiger partial charge in [0.05, 0.1) is 13.2 Å². The normalized spacial score (nSPS) is 9.25. The fourth-order valence-electron chi connectivity index (χ4n) is 0.886. The zero-order chi connectivity index (χ0) is 12.0. The Hall–Kier alpha value is -1.87. The summed E-state index contributed by atoms with van der Waals surface area (Å²) in [5, 5.41) is 4.09. The molecule has 6 heteroatoms. The average molecular weight is 238 g/mol. The van der Waals surface area contributed by atoms with Gasteiger partial charge in [0, 0.05) is 5.38 Å². The maximum absolute atomic E-state index is 11.4. The van der Waals surface area contributed by atoms with Gasteiger partial charge in [-0.1, -0.05) is 5.92 Å². The van der Waals surface area contributed by atoms with Crippen LogP contribution in [0.4, 0.5) is 0 Å². The molecule has 0 aromatic carbocycles. The van der Waals surface area contributed by atoms with Gasteiger partial charge in [0.15, 0.2) is 0 Å². The summed E-state index contributed by atoms with van der Waals surface area (Å²) in [7, 11) is 0. The van der Waals surface area contributed by atoms with Crippen LogP contribution in [0.3, 0.4) is 0 Å². The van der Waals surface area contributed by atoms with E-state index in [4.69, 9.17) is 11.2 Å². The number of esters is 1. The van der Waals surface area contributed by atoms with Crippen LogP contribution in [0.25, 0.3) is 0 Å². The van der Waals surface area contributed by atoms with Crippen LogP contribution >= 0.6 is 11.3 Å². The molecule has 0 atom stereocenters. The number of nitrogens with zero attached hydrogens (tertiary/aromatic N) is 1. The Balaban J connectivity index is 2.68. The van der Waals surface area contributed by atoms with Crippen molar-refractivity contribution in [2.75, 3.05) is 13.2 Å². The fourth-order valence-corrected chi connectivity index (χ4v) is 1.58. The quantitative estimate of drug-likeness (QED) is 0.618. The van der Waals surface area contributed by atoms with E-state index >= 15 is 0 Å². The highest BCUT2D eigenvalue weighted by atomic mass is 32.1. The summed E-state index contributed by atoms with van der Waals surface area (Å²) in [6.45, 7) is 2.11.